The quantitative estimate of drug-likeness (QED) is 0.904. The van der Waals surface area contributed by atoms with Gasteiger partial charge in [-0.3, -0.25) is 4.79 Å². The maximum Gasteiger partial charge on any atom is 0.254 e. The van der Waals surface area contributed by atoms with Crippen molar-refractivity contribution in [3.63, 3.8) is 0 Å². The van der Waals surface area contributed by atoms with Crippen LogP contribution in [0.25, 0.3) is 0 Å². The lowest BCUT2D eigenvalue weighted by atomic mass is 10.1. The Balaban J connectivity index is 1.72. The number of ether oxygens (including phenoxy) is 2. The summed E-state index contributed by atoms with van der Waals surface area (Å²) in [6.07, 6.45) is 0.845. The third kappa shape index (κ3) is 3.62. The molecule has 1 aliphatic heterocycles. The first-order valence-electron chi connectivity index (χ1n) is 7.40. The van der Waals surface area contributed by atoms with E-state index in [1.807, 2.05) is 5.38 Å². The molecule has 1 saturated heterocycles. The summed E-state index contributed by atoms with van der Waals surface area (Å²) in [4.78, 5) is 18.4. The second-order valence-electron chi connectivity index (χ2n) is 5.43. The third-order valence-electron chi connectivity index (χ3n) is 3.78. The van der Waals surface area contributed by atoms with Crippen LogP contribution >= 0.6 is 11.3 Å². The number of hydrogen-bond acceptors (Lipinski definition) is 6. The molecule has 2 N–H and O–H groups in total. The number of methoxy groups -OCH3 is 1. The van der Waals surface area contributed by atoms with E-state index in [0.29, 0.717) is 36.8 Å². The Hall–Kier alpha value is -2.12. The minimum Gasteiger partial charge on any atom is -0.493 e. The highest BCUT2D eigenvalue weighted by molar-refractivity contribution is 7.07. The van der Waals surface area contributed by atoms with Gasteiger partial charge >= 0.3 is 0 Å². The minimum absolute atomic E-state index is 0.0256. The van der Waals surface area contributed by atoms with Gasteiger partial charge in [0.05, 0.1) is 18.3 Å². The Bertz CT molecular complexity index is 675. The van der Waals surface area contributed by atoms with Gasteiger partial charge in [0.25, 0.3) is 5.91 Å². The number of aromatic nitrogens is 1. The number of rotatable bonds is 5. The number of benzene rings is 1. The normalized spacial score (nSPS) is 17.3. The van der Waals surface area contributed by atoms with E-state index in [2.05, 4.69) is 4.98 Å². The van der Waals surface area contributed by atoms with Crippen LogP contribution in [0.2, 0.25) is 0 Å². The lowest BCUT2D eigenvalue weighted by Gasteiger charge is -2.17. The van der Waals surface area contributed by atoms with E-state index in [9.17, 15) is 4.79 Å². The summed E-state index contributed by atoms with van der Waals surface area (Å²) in [5.74, 6) is 1.10. The van der Waals surface area contributed by atoms with Crippen LogP contribution in [-0.4, -0.2) is 42.0 Å². The molecule has 0 aliphatic carbocycles. The second kappa shape index (κ2) is 6.97. The Morgan fingerprint density at radius 2 is 2.35 bits per heavy atom. The van der Waals surface area contributed by atoms with Gasteiger partial charge in [-0.1, -0.05) is 0 Å². The average Bonchev–Trinajstić information content (AvgIpc) is 3.23. The number of nitrogens with two attached hydrogens (primary N) is 1. The maximum atomic E-state index is 12.5. The predicted molar refractivity (Wildman–Crippen MR) is 87.9 cm³/mol. The van der Waals surface area contributed by atoms with Gasteiger partial charge in [-0.15, -0.1) is 11.3 Å². The van der Waals surface area contributed by atoms with E-state index in [-0.39, 0.29) is 11.9 Å². The van der Waals surface area contributed by atoms with Crippen LogP contribution in [0, 0.1) is 0 Å². The third-order valence-corrected chi connectivity index (χ3v) is 4.42. The molecule has 2 heterocycles. The Morgan fingerprint density at radius 3 is 3.00 bits per heavy atom. The molecular formula is C16H19N3O3S. The maximum absolute atomic E-state index is 12.5. The predicted octanol–water partition coefficient (Wildman–Crippen LogP) is 1.90. The van der Waals surface area contributed by atoms with Crippen LogP contribution in [0.1, 0.15) is 22.5 Å². The monoisotopic (exact) mass is 333 g/mol. The molecule has 122 valence electrons. The summed E-state index contributed by atoms with van der Waals surface area (Å²) in [7, 11) is 1.56. The molecule has 1 atom stereocenters. The lowest BCUT2D eigenvalue weighted by Crippen LogP contribution is -2.31. The molecule has 1 aromatic heterocycles. The highest BCUT2D eigenvalue weighted by Crippen LogP contribution is 2.29. The van der Waals surface area contributed by atoms with Gasteiger partial charge in [0.2, 0.25) is 0 Å². The van der Waals surface area contributed by atoms with Crippen LogP contribution in [0.15, 0.2) is 29.1 Å². The fourth-order valence-electron chi connectivity index (χ4n) is 2.53. The van der Waals surface area contributed by atoms with Gasteiger partial charge in [-0.2, -0.15) is 0 Å². The lowest BCUT2D eigenvalue weighted by molar-refractivity contribution is 0.0790. The first kappa shape index (κ1) is 15.8. The van der Waals surface area contributed by atoms with Crippen molar-refractivity contribution < 1.29 is 14.3 Å². The van der Waals surface area contributed by atoms with Gasteiger partial charge in [-0.25, -0.2) is 4.98 Å². The van der Waals surface area contributed by atoms with Crippen LogP contribution in [0.4, 0.5) is 0 Å². The van der Waals surface area contributed by atoms with E-state index in [1.165, 1.54) is 11.3 Å². The number of carbonyl (C=O) groups is 1. The van der Waals surface area contributed by atoms with Gasteiger partial charge in [0, 0.05) is 30.1 Å². The van der Waals surface area contributed by atoms with Gasteiger partial charge in [-0.05, 0) is 24.6 Å². The highest BCUT2D eigenvalue weighted by atomic mass is 32.1. The molecule has 3 rings (SSSR count). The molecule has 0 bridgehead atoms. The molecular weight excluding hydrogens is 314 g/mol. The molecule has 0 radical (unpaired) electrons. The SMILES string of the molecule is COc1cc(C(=O)N2CCC(N)C2)ccc1OCc1cscn1. The molecule has 6 nitrogen and oxygen atoms in total. The van der Waals surface area contributed by atoms with E-state index in [1.54, 1.807) is 35.7 Å². The van der Waals surface area contributed by atoms with Crippen LogP contribution in [0.3, 0.4) is 0 Å². The van der Waals surface area contributed by atoms with E-state index < -0.39 is 0 Å². The zero-order chi connectivity index (χ0) is 16.2. The summed E-state index contributed by atoms with van der Waals surface area (Å²) in [5, 5.41) is 1.93. The fraction of sp³-hybridized carbons (Fsp3) is 0.375. The molecule has 7 heteroatoms. The molecule has 1 unspecified atom stereocenters. The molecule has 0 saturated carbocycles. The Morgan fingerprint density at radius 1 is 1.48 bits per heavy atom. The summed E-state index contributed by atoms with van der Waals surface area (Å²) in [6.45, 7) is 1.67. The number of hydrogen-bond donors (Lipinski definition) is 1. The van der Waals surface area contributed by atoms with Gasteiger partial charge < -0.3 is 20.1 Å². The summed E-state index contributed by atoms with van der Waals surface area (Å²) in [5.41, 5.74) is 9.07. The van der Waals surface area contributed by atoms with E-state index >= 15 is 0 Å². The topological polar surface area (TPSA) is 77.7 Å². The fourth-order valence-corrected chi connectivity index (χ4v) is 3.08. The first-order chi connectivity index (χ1) is 11.2. The molecule has 23 heavy (non-hydrogen) atoms. The van der Waals surface area contributed by atoms with Gasteiger partial charge in [0.15, 0.2) is 11.5 Å². The van der Waals surface area contributed by atoms with Crippen molar-refractivity contribution in [1.29, 1.82) is 0 Å². The summed E-state index contributed by atoms with van der Waals surface area (Å²) >= 11 is 1.52. The minimum atomic E-state index is -0.0256. The van der Waals surface area contributed by atoms with Crippen LogP contribution in [-0.2, 0) is 6.61 Å². The smallest absolute Gasteiger partial charge is 0.254 e. The number of carbonyl (C=O) groups excluding carboxylic acids is 1. The summed E-state index contributed by atoms with van der Waals surface area (Å²) < 4.78 is 11.1. The van der Waals surface area contributed by atoms with Crippen molar-refractivity contribution in [2.45, 2.75) is 19.1 Å². The van der Waals surface area contributed by atoms with Crippen molar-refractivity contribution in [2.24, 2.45) is 5.73 Å². The zero-order valence-electron chi connectivity index (χ0n) is 12.9. The molecule has 1 fully saturated rings. The zero-order valence-corrected chi connectivity index (χ0v) is 13.7. The average molecular weight is 333 g/mol. The summed E-state index contributed by atoms with van der Waals surface area (Å²) in [6, 6.07) is 5.30. The number of thiazole rings is 1. The van der Waals surface area contributed by atoms with Crippen LogP contribution in [0.5, 0.6) is 11.5 Å². The van der Waals surface area contributed by atoms with Crippen molar-refractivity contribution in [2.75, 3.05) is 20.2 Å². The largest absolute Gasteiger partial charge is 0.493 e. The van der Waals surface area contributed by atoms with Gasteiger partial charge in [0.1, 0.15) is 6.61 Å². The molecule has 0 spiro atoms. The van der Waals surface area contributed by atoms with Crippen molar-refractivity contribution >= 4 is 17.2 Å². The van der Waals surface area contributed by atoms with Crippen molar-refractivity contribution in [1.82, 2.24) is 9.88 Å². The molecule has 1 aliphatic rings. The first-order valence-corrected chi connectivity index (χ1v) is 8.34. The molecule has 1 amide bonds. The highest BCUT2D eigenvalue weighted by Gasteiger charge is 2.25. The van der Waals surface area contributed by atoms with Crippen molar-refractivity contribution in [3.8, 4) is 11.5 Å². The van der Waals surface area contributed by atoms with E-state index in [0.717, 1.165) is 12.1 Å². The number of amides is 1. The number of likely N-dealkylation sites (tertiary alicyclic amines) is 1. The van der Waals surface area contributed by atoms with Crippen molar-refractivity contribution in [3.05, 3.63) is 40.3 Å². The van der Waals surface area contributed by atoms with Crippen LogP contribution < -0.4 is 15.2 Å². The second-order valence-corrected chi connectivity index (χ2v) is 6.15. The number of nitrogens with zero attached hydrogens (tertiary/aromatic N) is 2. The Labute approximate surface area is 138 Å². The molecule has 2 aromatic rings. The molecule has 1 aromatic carbocycles. The Kier molecular flexibility index (Phi) is 4.78. The standard InChI is InChI=1S/C16H19N3O3S/c1-21-15-6-11(16(20)19-5-4-12(17)7-19)2-3-14(15)22-8-13-9-23-10-18-13/h2-3,6,9-10,12H,4-5,7-8,17H2,1H3. The van der Waals surface area contributed by atoms with E-state index in [4.69, 9.17) is 15.2 Å².